The Morgan fingerprint density at radius 3 is 2.65 bits per heavy atom. The van der Waals surface area contributed by atoms with E-state index in [2.05, 4.69) is 14.7 Å². The largest absolute Gasteiger partial charge is 0.416 e. The molecule has 0 amide bonds. The minimum atomic E-state index is -4.60. The molecule has 1 N–H and O–H groups in total. The van der Waals surface area contributed by atoms with Gasteiger partial charge in [-0.1, -0.05) is 11.2 Å². The summed E-state index contributed by atoms with van der Waals surface area (Å²) < 4.78 is 63.1. The molecular formula is C10H11F3N4O2S. The van der Waals surface area contributed by atoms with Gasteiger partial charge in [-0.2, -0.15) is 13.2 Å². The lowest BCUT2D eigenvalue weighted by molar-refractivity contribution is -0.137. The van der Waals surface area contributed by atoms with E-state index in [1.54, 1.807) is 0 Å². The number of hydrogen-bond acceptors (Lipinski definition) is 3. The summed E-state index contributed by atoms with van der Waals surface area (Å²) in [7, 11) is -4.02. The smallest absolute Gasteiger partial charge is 0.211 e. The summed E-state index contributed by atoms with van der Waals surface area (Å²) in [6.45, 7) is 0.0687. The normalized spacial score (nSPS) is 11.9. The van der Waals surface area contributed by atoms with Crippen molar-refractivity contribution in [3.05, 3.63) is 40.3 Å². The molecule has 0 saturated carbocycles. The van der Waals surface area contributed by atoms with E-state index in [9.17, 15) is 21.6 Å². The van der Waals surface area contributed by atoms with Gasteiger partial charge < -0.3 is 0 Å². The van der Waals surface area contributed by atoms with Crippen molar-refractivity contribution in [2.45, 2.75) is 17.5 Å². The Labute approximate surface area is 113 Å². The van der Waals surface area contributed by atoms with E-state index in [0.717, 1.165) is 18.2 Å². The van der Waals surface area contributed by atoms with Gasteiger partial charge in [0.05, 0.1) is 10.5 Å². The van der Waals surface area contributed by atoms with Crippen molar-refractivity contribution in [3.63, 3.8) is 0 Å². The van der Waals surface area contributed by atoms with Crippen LogP contribution in [0.3, 0.4) is 0 Å². The van der Waals surface area contributed by atoms with Gasteiger partial charge in [0.2, 0.25) is 10.0 Å². The first-order valence-electron chi connectivity index (χ1n) is 5.45. The second-order valence-electron chi connectivity index (χ2n) is 3.73. The standard InChI is InChI=1S/C10H11F3N4O2S/c11-10(12,13)8-3-1-4-9(7-8)20(18,19)16-6-2-5-15-17-14/h1,3-4,7,16H,2,5-6H2. The molecule has 10 heteroatoms. The van der Waals surface area contributed by atoms with Gasteiger partial charge in [-0.05, 0) is 30.2 Å². The van der Waals surface area contributed by atoms with E-state index in [0.29, 0.717) is 6.07 Å². The van der Waals surface area contributed by atoms with Crippen molar-refractivity contribution in [1.29, 1.82) is 0 Å². The third kappa shape index (κ3) is 4.72. The zero-order chi connectivity index (χ0) is 15.2. The van der Waals surface area contributed by atoms with Crippen LogP contribution in [0.5, 0.6) is 0 Å². The van der Waals surface area contributed by atoms with Crippen LogP contribution in [0.15, 0.2) is 34.3 Å². The maximum Gasteiger partial charge on any atom is 0.416 e. The average molecular weight is 308 g/mol. The Morgan fingerprint density at radius 1 is 1.35 bits per heavy atom. The molecule has 0 spiro atoms. The number of halogens is 3. The number of azide groups is 1. The van der Waals surface area contributed by atoms with Crippen molar-refractivity contribution in [2.24, 2.45) is 5.11 Å². The maximum atomic E-state index is 12.5. The van der Waals surface area contributed by atoms with Gasteiger partial charge in [0.1, 0.15) is 0 Å². The molecule has 0 unspecified atom stereocenters. The molecular weight excluding hydrogens is 297 g/mol. The summed E-state index contributed by atoms with van der Waals surface area (Å²) in [5, 5.41) is 3.21. The molecule has 1 aromatic rings. The zero-order valence-corrected chi connectivity index (χ0v) is 10.9. The number of nitrogens with zero attached hydrogens (tertiary/aromatic N) is 3. The van der Waals surface area contributed by atoms with Gasteiger partial charge in [-0.3, -0.25) is 0 Å². The minimum absolute atomic E-state index is 0.0302. The second kappa shape index (κ2) is 6.60. The predicted molar refractivity (Wildman–Crippen MR) is 65.3 cm³/mol. The van der Waals surface area contributed by atoms with Crippen molar-refractivity contribution >= 4 is 10.0 Å². The molecule has 0 aliphatic rings. The Bertz CT molecular complexity index is 609. The molecule has 20 heavy (non-hydrogen) atoms. The molecule has 1 rings (SSSR count). The first-order valence-corrected chi connectivity index (χ1v) is 6.93. The summed E-state index contributed by atoms with van der Waals surface area (Å²) >= 11 is 0. The van der Waals surface area contributed by atoms with Crippen LogP contribution in [-0.4, -0.2) is 21.5 Å². The average Bonchev–Trinajstić information content (AvgIpc) is 2.37. The van der Waals surface area contributed by atoms with Crippen molar-refractivity contribution < 1.29 is 21.6 Å². The Morgan fingerprint density at radius 2 is 2.05 bits per heavy atom. The zero-order valence-electron chi connectivity index (χ0n) is 10.1. The van der Waals surface area contributed by atoms with Crippen molar-refractivity contribution in [3.8, 4) is 0 Å². The molecule has 0 bridgehead atoms. The lowest BCUT2D eigenvalue weighted by atomic mass is 10.2. The number of alkyl halides is 3. The first-order chi connectivity index (χ1) is 9.27. The molecule has 0 heterocycles. The molecule has 0 saturated heterocycles. The van der Waals surface area contributed by atoms with Crippen LogP contribution in [0.4, 0.5) is 13.2 Å². The third-order valence-electron chi connectivity index (χ3n) is 2.26. The van der Waals surface area contributed by atoms with E-state index in [-0.39, 0.29) is 19.5 Å². The lowest BCUT2D eigenvalue weighted by Gasteiger charge is -2.10. The summed E-state index contributed by atoms with van der Waals surface area (Å²) in [5.41, 5.74) is 6.99. The number of sulfonamides is 1. The van der Waals surface area contributed by atoms with Gasteiger partial charge in [0.25, 0.3) is 0 Å². The van der Waals surface area contributed by atoms with Gasteiger partial charge in [-0.15, -0.1) is 0 Å². The summed E-state index contributed by atoms with van der Waals surface area (Å²) in [6, 6.07) is 3.46. The summed E-state index contributed by atoms with van der Waals surface area (Å²) in [4.78, 5) is 2.03. The van der Waals surface area contributed by atoms with E-state index in [4.69, 9.17) is 5.53 Å². The highest BCUT2D eigenvalue weighted by molar-refractivity contribution is 7.89. The molecule has 0 aliphatic heterocycles. The topological polar surface area (TPSA) is 94.9 Å². The highest BCUT2D eigenvalue weighted by atomic mass is 32.2. The molecule has 0 aliphatic carbocycles. The number of nitrogens with one attached hydrogen (secondary N) is 1. The SMILES string of the molecule is [N-]=[N+]=NCCCNS(=O)(=O)c1cccc(C(F)(F)F)c1. The number of rotatable bonds is 6. The number of benzene rings is 1. The summed E-state index contributed by atoms with van der Waals surface area (Å²) in [6.07, 6.45) is -4.35. The fraction of sp³-hybridized carbons (Fsp3) is 0.400. The fourth-order valence-electron chi connectivity index (χ4n) is 1.32. The second-order valence-corrected chi connectivity index (χ2v) is 5.50. The maximum absolute atomic E-state index is 12.5. The van der Waals surface area contributed by atoms with Gasteiger partial charge >= 0.3 is 6.18 Å². The first kappa shape index (κ1) is 16.3. The van der Waals surface area contributed by atoms with Crippen LogP contribution in [0.1, 0.15) is 12.0 Å². The Hall–Kier alpha value is -1.77. The van der Waals surface area contributed by atoms with Gasteiger partial charge in [-0.25, -0.2) is 13.1 Å². The van der Waals surface area contributed by atoms with Crippen LogP contribution in [0.25, 0.3) is 10.4 Å². The number of hydrogen-bond donors (Lipinski definition) is 1. The van der Waals surface area contributed by atoms with Gasteiger partial charge in [0.15, 0.2) is 0 Å². The molecule has 1 aromatic carbocycles. The third-order valence-corrected chi connectivity index (χ3v) is 3.72. The highest BCUT2D eigenvalue weighted by Gasteiger charge is 2.31. The molecule has 0 fully saturated rings. The van der Waals surface area contributed by atoms with Crippen LogP contribution in [-0.2, 0) is 16.2 Å². The Kier molecular flexibility index (Phi) is 5.37. The molecule has 0 aromatic heterocycles. The van der Waals surface area contributed by atoms with E-state index >= 15 is 0 Å². The van der Waals surface area contributed by atoms with Crippen LogP contribution >= 0.6 is 0 Å². The molecule has 0 radical (unpaired) electrons. The quantitative estimate of drug-likeness (QED) is 0.378. The predicted octanol–water partition coefficient (Wildman–Crippen LogP) is 2.68. The fourth-order valence-corrected chi connectivity index (χ4v) is 2.44. The van der Waals surface area contributed by atoms with E-state index in [1.165, 1.54) is 0 Å². The highest BCUT2D eigenvalue weighted by Crippen LogP contribution is 2.30. The van der Waals surface area contributed by atoms with Crippen LogP contribution < -0.4 is 4.72 Å². The molecule has 0 atom stereocenters. The van der Waals surface area contributed by atoms with E-state index < -0.39 is 26.7 Å². The van der Waals surface area contributed by atoms with Crippen molar-refractivity contribution in [2.75, 3.05) is 13.1 Å². The molecule has 110 valence electrons. The minimum Gasteiger partial charge on any atom is -0.211 e. The lowest BCUT2D eigenvalue weighted by Crippen LogP contribution is -2.25. The van der Waals surface area contributed by atoms with Crippen LogP contribution in [0.2, 0.25) is 0 Å². The monoisotopic (exact) mass is 308 g/mol. The van der Waals surface area contributed by atoms with Gasteiger partial charge in [0, 0.05) is 18.0 Å². The van der Waals surface area contributed by atoms with Crippen LogP contribution in [0, 0.1) is 0 Å². The summed E-state index contributed by atoms with van der Waals surface area (Å²) in [5.74, 6) is 0. The van der Waals surface area contributed by atoms with Crippen molar-refractivity contribution in [1.82, 2.24) is 4.72 Å². The molecule has 6 nitrogen and oxygen atoms in total. The van der Waals surface area contributed by atoms with E-state index in [1.807, 2.05) is 0 Å². The Balaban J connectivity index is 2.80.